The largest absolute Gasteiger partial charge is 3.00 e. The van der Waals surface area contributed by atoms with E-state index < -0.39 is 7.82 Å². The van der Waals surface area contributed by atoms with Crippen LogP contribution in [0.4, 0.5) is 0 Å². The molecule has 0 heterocycles. The van der Waals surface area contributed by atoms with Crippen LogP contribution in [0.1, 0.15) is 0 Å². The van der Waals surface area contributed by atoms with E-state index in [0.29, 0.717) is 0 Å². The molecule has 0 aromatic heterocycles. The van der Waals surface area contributed by atoms with Crippen molar-refractivity contribution >= 4 is 7.82 Å². The molecule has 0 unspecified atom stereocenters. The zero-order chi connectivity index (χ0) is 4.50. The molecule has 0 spiro atoms. The summed E-state index contributed by atoms with van der Waals surface area (Å²) in [7, 11) is -5.39. The topological polar surface area (TPSA) is 307 Å². The Kier molecular flexibility index (Phi) is 327. The number of hydrogen-bond acceptors (Lipinski definition) is 4. The summed E-state index contributed by atoms with van der Waals surface area (Å²) in [5.74, 6) is 0. The molecule has 0 fully saturated rings. The predicted molar refractivity (Wildman–Crippen MR) is 32.9 cm³/mol. The smallest absolute Gasteiger partial charge is 0.822 e. The van der Waals surface area contributed by atoms with Crippen molar-refractivity contribution < 1.29 is 74.6 Å². The molecule has 14 N–H and O–H groups in total. The summed E-state index contributed by atoms with van der Waals surface area (Å²) in [5, 5.41) is 0. The van der Waals surface area contributed by atoms with Gasteiger partial charge in [0.05, 0.1) is 0 Å². The third-order valence-electron chi connectivity index (χ3n) is 0. The minimum Gasteiger partial charge on any atom is -0.822 e. The molecule has 0 bridgehead atoms. The third kappa shape index (κ3) is 10800. The summed E-state index contributed by atoms with van der Waals surface area (Å²) < 4.78 is 8.55. The molecule has 0 radical (unpaired) electrons. The van der Waals surface area contributed by atoms with E-state index in [9.17, 15) is 0 Å². The molecule has 13 heteroatoms. The number of hydrogen-bond donors (Lipinski definition) is 0. The molecule has 0 aliphatic rings. The molecular weight excluding hydrogens is 262 g/mol. The molecule has 0 aliphatic heterocycles. The maximum atomic E-state index is 8.55. The average Bonchev–Trinajstić information content (AvgIpc) is 0.722. The Balaban J connectivity index is -0.00000000286. The summed E-state index contributed by atoms with van der Waals surface area (Å²) in [6.07, 6.45) is 0. The van der Waals surface area contributed by atoms with Gasteiger partial charge in [-0.2, -0.15) is 7.82 Å². The standard InChI is InChI=1S/Mn.H3O4P.7H2O/c;1-5(2,3)4;;;;;;;/h;(H3,1,2,3,4);7*1H2/q+3;;;;;;;;/p-3. The monoisotopic (exact) mass is 276 g/mol. The SMILES string of the molecule is O.O.O.O.O.O.O.O=P([O-])([O-])[O-].[Mn+3]. The Morgan fingerprint density at radius 2 is 0.615 bits per heavy atom. The van der Waals surface area contributed by atoms with Crippen molar-refractivity contribution in [3.8, 4) is 0 Å². The van der Waals surface area contributed by atoms with Gasteiger partial charge in [0.1, 0.15) is 0 Å². The van der Waals surface area contributed by atoms with Gasteiger partial charge in [-0.3, -0.25) is 0 Å². The molecule has 0 rings (SSSR count). The fraction of sp³-hybridized carbons (Fsp3) is 0. The molecule has 0 aliphatic carbocycles. The van der Waals surface area contributed by atoms with Crippen LogP contribution in [0.5, 0.6) is 0 Å². The van der Waals surface area contributed by atoms with Crippen molar-refractivity contribution in [3.63, 3.8) is 0 Å². The van der Waals surface area contributed by atoms with Gasteiger partial charge in [-0.15, -0.1) is 0 Å². The first-order chi connectivity index (χ1) is 2.00. The van der Waals surface area contributed by atoms with E-state index >= 15 is 0 Å². The third-order valence-corrected chi connectivity index (χ3v) is 0. The fourth-order valence-electron chi connectivity index (χ4n) is 0. The van der Waals surface area contributed by atoms with E-state index in [0.717, 1.165) is 0 Å². The van der Waals surface area contributed by atoms with Crippen LogP contribution in [0.2, 0.25) is 0 Å². The first kappa shape index (κ1) is 108. The first-order valence-electron chi connectivity index (χ1n) is 0.730. The first-order valence-corrected chi connectivity index (χ1v) is 2.19. The molecule has 0 amide bonds. The second kappa shape index (κ2) is 39.5. The van der Waals surface area contributed by atoms with Gasteiger partial charge >= 0.3 is 17.1 Å². The minimum absolute atomic E-state index is 0. The van der Waals surface area contributed by atoms with Gasteiger partial charge in [0.15, 0.2) is 0 Å². The Labute approximate surface area is 83.3 Å². The van der Waals surface area contributed by atoms with Crippen molar-refractivity contribution in [2.75, 3.05) is 0 Å². The molecule has 0 saturated heterocycles. The molecule has 0 aromatic carbocycles. The van der Waals surface area contributed by atoms with Crippen molar-refractivity contribution in [2.24, 2.45) is 0 Å². The normalized spacial score (nSPS) is 4.54. The fourth-order valence-corrected chi connectivity index (χ4v) is 0. The second-order valence-electron chi connectivity index (χ2n) is 0.447. The van der Waals surface area contributed by atoms with Gasteiger partial charge in [0, 0.05) is 0 Å². The molecule has 92 valence electrons. The Bertz CT molecular complexity index is 56.2. The quantitative estimate of drug-likeness (QED) is 0.306. The average molecular weight is 276 g/mol. The van der Waals surface area contributed by atoms with Crippen molar-refractivity contribution in [1.82, 2.24) is 0 Å². The van der Waals surface area contributed by atoms with Gasteiger partial charge in [0.25, 0.3) is 0 Å². The van der Waals surface area contributed by atoms with E-state index in [1.165, 1.54) is 0 Å². The van der Waals surface area contributed by atoms with Gasteiger partial charge in [-0.05, 0) is 0 Å². The molecule has 0 atom stereocenters. The Hall–Kier alpha value is 0.349. The van der Waals surface area contributed by atoms with Gasteiger partial charge < -0.3 is 57.6 Å². The summed E-state index contributed by atoms with van der Waals surface area (Å²) >= 11 is 0. The van der Waals surface area contributed by atoms with Gasteiger partial charge in [0.2, 0.25) is 0 Å². The Morgan fingerprint density at radius 3 is 0.615 bits per heavy atom. The van der Waals surface area contributed by atoms with Crippen LogP contribution in [0.25, 0.3) is 0 Å². The molecule has 11 nitrogen and oxygen atoms in total. The van der Waals surface area contributed by atoms with Crippen LogP contribution in [0.3, 0.4) is 0 Å². The Morgan fingerprint density at radius 1 is 0.615 bits per heavy atom. The van der Waals surface area contributed by atoms with Gasteiger partial charge in [-0.1, -0.05) is 0 Å². The molecule has 0 saturated carbocycles. The molecular formula is H14MnO11P. The maximum absolute atomic E-state index is 8.55. The summed E-state index contributed by atoms with van der Waals surface area (Å²) in [6.45, 7) is 0. The van der Waals surface area contributed by atoms with Crippen LogP contribution >= 0.6 is 7.82 Å². The summed E-state index contributed by atoms with van der Waals surface area (Å²) in [6, 6.07) is 0. The van der Waals surface area contributed by atoms with E-state index in [2.05, 4.69) is 0 Å². The van der Waals surface area contributed by atoms with E-state index in [1.807, 2.05) is 0 Å². The summed E-state index contributed by atoms with van der Waals surface area (Å²) in [5.41, 5.74) is 0. The van der Waals surface area contributed by atoms with Crippen LogP contribution in [-0.2, 0) is 21.6 Å². The van der Waals surface area contributed by atoms with Crippen LogP contribution in [0.15, 0.2) is 0 Å². The molecule has 0 aromatic rings. The zero-order valence-corrected chi connectivity index (χ0v) is 8.03. The van der Waals surface area contributed by atoms with Crippen LogP contribution in [-0.4, -0.2) is 38.3 Å². The zero-order valence-electron chi connectivity index (χ0n) is 5.96. The van der Waals surface area contributed by atoms with Crippen LogP contribution < -0.4 is 14.7 Å². The van der Waals surface area contributed by atoms with Gasteiger partial charge in [-0.25, -0.2) is 0 Å². The van der Waals surface area contributed by atoms with E-state index in [-0.39, 0.29) is 55.4 Å². The number of rotatable bonds is 0. The maximum Gasteiger partial charge on any atom is 3.00 e. The number of phosphoric acid groups is 1. The van der Waals surface area contributed by atoms with E-state index in [1.54, 1.807) is 0 Å². The van der Waals surface area contributed by atoms with Crippen molar-refractivity contribution in [3.05, 3.63) is 0 Å². The summed E-state index contributed by atoms with van der Waals surface area (Å²) in [4.78, 5) is 25.6. The molecule has 13 heavy (non-hydrogen) atoms. The minimum atomic E-state index is -5.39. The predicted octanol–water partition coefficient (Wildman–Crippen LogP) is -8.60. The van der Waals surface area contributed by atoms with Crippen LogP contribution in [0, 0.1) is 0 Å². The second-order valence-corrected chi connectivity index (χ2v) is 1.34. The van der Waals surface area contributed by atoms with Crippen molar-refractivity contribution in [1.29, 1.82) is 0 Å². The van der Waals surface area contributed by atoms with E-state index in [4.69, 9.17) is 19.2 Å². The van der Waals surface area contributed by atoms with Crippen molar-refractivity contribution in [2.45, 2.75) is 0 Å².